The number of amides is 2. The van der Waals surface area contributed by atoms with E-state index in [1.165, 1.54) is 0 Å². The predicted octanol–water partition coefficient (Wildman–Crippen LogP) is 5.16. The van der Waals surface area contributed by atoms with E-state index in [4.69, 9.17) is 16.0 Å². The minimum Gasteiger partial charge on any atom is -0.457 e. The van der Waals surface area contributed by atoms with Crippen molar-refractivity contribution in [2.24, 2.45) is 5.92 Å². The molecular formula is C23H21ClN2O3. The number of imide groups is 1. The van der Waals surface area contributed by atoms with Crippen molar-refractivity contribution in [1.29, 1.82) is 5.26 Å². The smallest absolute Gasteiger partial charge is 0.271 e. The Morgan fingerprint density at radius 1 is 1.17 bits per heavy atom. The van der Waals surface area contributed by atoms with Crippen molar-refractivity contribution in [2.45, 2.75) is 27.7 Å². The normalized spacial score (nSPS) is 16.2. The van der Waals surface area contributed by atoms with Gasteiger partial charge >= 0.3 is 0 Å². The first-order valence-corrected chi connectivity index (χ1v) is 9.67. The van der Waals surface area contributed by atoms with E-state index in [2.05, 4.69) is 0 Å². The van der Waals surface area contributed by atoms with Crippen molar-refractivity contribution >= 4 is 29.5 Å². The van der Waals surface area contributed by atoms with E-state index in [-0.39, 0.29) is 23.6 Å². The van der Waals surface area contributed by atoms with E-state index < -0.39 is 11.8 Å². The molecule has 5 nitrogen and oxygen atoms in total. The topological polar surface area (TPSA) is 74.3 Å². The number of halogens is 1. The Kier molecular flexibility index (Phi) is 5.76. The molecule has 2 amide bonds. The summed E-state index contributed by atoms with van der Waals surface area (Å²) in [5.74, 6) is 0.201. The van der Waals surface area contributed by atoms with Gasteiger partial charge in [0.15, 0.2) is 0 Å². The summed E-state index contributed by atoms with van der Waals surface area (Å²) in [6.45, 7) is 7.58. The Labute approximate surface area is 174 Å². The minimum atomic E-state index is -0.546. The summed E-state index contributed by atoms with van der Waals surface area (Å²) in [4.78, 5) is 26.6. The molecule has 148 valence electrons. The van der Waals surface area contributed by atoms with Crippen LogP contribution in [0.3, 0.4) is 0 Å². The summed E-state index contributed by atoms with van der Waals surface area (Å²) >= 11 is 6.20. The van der Waals surface area contributed by atoms with Gasteiger partial charge in [-0.3, -0.25) is 14.5 Å². The Hall–Kier alpha value is -3.10. The summed E-state index contributed by atoms with van der Waals surface area (Å²) in [6.07, 6.45) is 1.58. The molecule has 1 aromatic carbocycles. The average Bonchev–Trinajstić information content (AvgIpc) is 3.13. The monoisotopic (exact) mass is 408 g/mol. The van der Waals surface area contributed by atoms with E-state index in [9.17, 15) is 14.9 Å². The van der Waals surface area contributed by atoms with Crippen LogP contribution in [0.5, 0.6) is 0 Å². The highest BCUT2D eigenvalue weighted by molar-refractivity contribution is 6.31. The number of hydrogen-bond acceptors (Lipinski definition) is 4. The van der Waals surface area contributed by atoms with Gasteiger partial charge in [-0.15, -0.1) is 0 Å². The molecule has 1 aliphatic heterocycles. The SMILES string of the molecule is CC1=C(C#N)C(=O)N(CC(C)C)C(=O)/C1=C/c1ccc(-c2cccc(Cl)c2C)o1. The van der Waals surface area contributed by atoms with Gasteiger partial charge in [-0.2, -0.15) is 5.26 Å². The molecule has 1 aliphatic rings. The maximum absolute atomic E-state index is 13.0. The fraction of sp³-hybridized carbons (Fsp3) is 0.261. The van der Waals surface area contributed by atoms with Gasteiger partial charge < -0.3 is 4.42 Å². The summed E-state index contributed by atoms with van der Waals surface area (Å²) in [5, 5.41) is 10.1. The zero-order chi connectivity index (χ0) is 21.3. The molecule has 3 rings (SSSR count). The van der Waals surface area contributed by atoms with E-state index in [1.807, 2.05) is 45.0 Å². The lowest BCUT2D eigenvalue weighted by atomic mass is 9.94. The molecule has 0 saturated carbocycles. The van der Waals surface area contributed by atoms with Gasteiger partial charge in [0.25, 0.3) is 11.8 Å². The average molecular weight is 409 g/mol. The van der Waals surface area contributed by atoms with Crippen LogP contribution >= 0.6 is 11.6 Å². The van der Waals surface area contributed by atoms with Crippen LogP contribution in [0, 0.1) is 24.2 Å². The lowest BCUT2D eigenvalue weighted by Crippen LogP contribution is -2.44. The van der Waals surface area contributed by atoms with Crippen molar-refractivity contribution in [3.05, 3.63) is 63.4 Å². The highest BCUT2D eigenvalue weighted by atomic mass is 35.5. The van der Waals surface area contributed by atoms with Crippen molar-refractivity contribution in [1.82, 2.24) is 4.90 Å². The van der Waals surface area contributed by atoms with Gasteiger partial charge in [-0.05, 0) is 55.2 Å². The van der Waals surface area contributed by atoms with Gasteiger partial charge in [0.1, 0.15) is 23.2 Å². The van der Waals surface area contributed by atoms with Crippen LogP contribution in [0.4, 0.5) is 0 Å². The molecule has 1 aromatic heterocycles. The molecule has 2 heterocycles. The second-order valence-electron chi connectivity index (χ2n) is 7.40. The third kappa shape index (κ3) is 3.90. The van der Waals surface area contributed by atoms with Gasteiger partial charge in [-0.25, -0.2) is 0 Å². The van der Waals surface area contributed by atoms with Gasteiger partial charge in [0.05, 0.1) is 0 Å². The molecular weight excluding hydrogens is 388 g/mol. The zero-order valence-electron chi connectivity index (χ0n) is 16.7. The van der Waals surface area contributed by atoms with Crippen LogP contribution < -0.4 is 0 Å². The molecule has 0 N–H and O–H groups in total. The summed E-state index contributed by atoms with van der Waals surface area (Å²) in [7, 11) is 0. The molecule has 0 atom stereocenters. The van der Waals surface area contributed by atoms with E-state index in [0.29, 0.717) is 22.1 Å². The van der Waals surface area contributed by atoms with Gasteiger partial charge in [-0.1, -0.05) is 37.6 Å². The Morgan fingerprint density at radius 3 is 2.55 bits per heavy atom. The Balaban J connectivity index is 2.05. The lowest BCUT2D eigenvalue weighted by Gasteiger charge is -2.28. The third-order valence-corrected chi connectivity index (χ3v) is 5.23. The molecule has 29 heavy (non-hydrogen) atoms. The molecule has 0 bridgehead atoms. The number of furan rings is 1. The number of nitriles is 1. The number of hydrogen-bond donors (Lipinski definition) is 0. The standard InChI is InChI=1S/C23H21ClN2O3/c1-13(2)12-26-22(27)18(14(3)19(11-25)23(26)28)10-16-8-9-21(29-16)17-6-5-7-20(24)15(17)4/h5-10,13H,12H2,1-4H3/b18-10+. The Bertz CT molecular complexity index is 1100. The molecule has 2 aromatic rings. The van der Waals surface area contributed by atoms with Crippen LogP contribution in [-0.4, -0.2) is 23.3 Å². The molecule has 0 spiro atoms. The third-order valence-electron chi connectivity index (χ3n) is 4.82. The van der Waals surface area contributed by atoms with Crippen molar-refractivity contribution in [3.63, 3.8) is 0 Å². The fourth-order valence-electron chi connectivity index (χ4n) is 3.25. The first-order valence-electron chi connectivity index (χ1n) is 9.29. The minimum absolute atomic E-state index is 0.0195. The molecule has 6 heteroatoms. The fourth-order valence-corrected chi connectivity index (χ4v) is 3.43. The van der Waals surface area contributed by atoms with Crippen LogP contribution in [0.1, 0.15) is 32.1 Å². The highest BCUT2D eigenvalue weighted by Crippen LogP contribution is 2.32. The predicted molar refractivity (Wildman–Crippen MR) is 112 cm³/mol. The summed E-state index contributed by atoms with van der Waals surface area (Å²) < 4.78 is 5.92. The van der Waals surface area contributed by atoms with E-state index in [0.717, 1.165) is 16.0 Å². The summed E-state index contributed by atoms with van der Waals surface area (Å²) in [5.41, 5.74) is 2.38. The van der Waals surface area contributed by atoms with E-state index in [1.54, 1.807) is 25.1 Å². The molecule has 0 fully saturated rings. The maximum atomic E-state index is 13.0. The zero-order valence-corrected chi connectivity index (χ0v) is 17.5. The number of benzene rings is 1. The van der Waals surface area contributed by atoms with Crippen molar-refractivity contribution < 1.29 is 14.0 Å². The van der Waals surface area contributed by atoms with Gasteiger partial charge in [0.2, 0.25) is 0 Å². The quantitative estimate of drug-likeness (QED) is 0.517. The first-order chi connectivity index (χ1) is 13.7. The Morgan fingerprint density at radius 2 is 1.90 bits per heavy atom. The molecule has 0 aliphatic carbocycles. The largest absolute Gasteiger partial charge is 0.457 e. The molecule has 0 saturated heterocycles. The lowest BCUT2D eigenvalue weighted by molar-refractivity contribution is -0.141. The highest BCUT2D eigenvalue weighted by Gasteiger charge is 2.35. The van der Waals surface area contributed by atoms with Crippen LogP contribution in [0.2, 0.25) is 5.02 Å². The van der Waals surface area contributed by atoms with Crippen LogP contribution in [0.15, 0.2) is 51.5 Å². The van der Waals surface area contributed by atoms with Crippen LogP contribution in [0.25, 0.3) is 17.4 Å². The molecule has 0 radical (unpaired) electrons. The number of carbonyl (C=O) groups is 2. The second kappa shape index (κ2) is 8.10. The summed E-state index contributed by atoms with van der Waals surface area (Å²) in [6, 6.07) is 11.1. The number of carbonyl (C=O) groups excluding carboxylic acids is 2. The second-order valence-corrected chi connectivity index (χ2v) is 7.81. The van der Waals surface area contributed by atoms with Crippen molar-refractivity contribution in [3.8, 4) is 17.4 Å². The number of nitrogens with zero attached hydrogens (tertiary/aromatic N) is 2. The molecule has 0 unspecified atom stereocenters. The van der Waals surface area contributed by atoms with Gasteiger partial charge in [0, 0.05) is 22.7 Å². The maximum Gasteiger partial charge on any atom is 0.271 e. The van der Waals surface area contributed by atoms with E-state index >= 15 is 0 Å². The van der Waals surface area contributed by atoms with Crippen LogP contribution in [-0.2, 0) is 9.59 Å². The van der Waals surface area contributed by atoms with Crippen molar-refractivity contribution in [2.75, 3.05) is 6.54 Å². The number of rotatable bonds is 4. The first kappa shape index (κ1) is 20.6.